The van der Waals surface area contributed by atoms with Crippen molar-refractivity contribution in [3.05, 3.63) is 96.1 Å². The highest BCUT2D eigenvalue weighted by atomic mass is 32.2. The van der Waals surface area contributed by atoms with E-state index in [9.17, 15) is 13.2 Å². The molecule has 30 heavy (non-hydrogen) atoms. The molecule has 0 atom stereocenters. The standard InChI is InChI=1S/C24H26N2O3S/c1-20-14-16-22(17-15-20)26(30(28,29)23-12-6-3-7-13-23)19-24(27)25-18-8-11-21-9-4-2-5-10-21/h2-7,9-10,12-17H,8,11,18-19H2,1H3,(H,25,27). The molecule has 0 aliphatic rings. The van der Waals surface area contributed by atoms with E-state index in [1.165, 1.54) is 17.7 Å². The Hall–Kier alpha value is -3.12. The van der Waals surface area contributed by atoms with E-state index in [1.807, 2.05) is 49.4 Å². The molecule has 3 aromatic carbocycles. The zero-order valence-electron chi connectivity index (χ0n) is 17.0. The smallest absolute Gasteiger partial charge is 0.264 e. The molecule has 0 aliphatic carbocycles. The molecule has 3 rings (SSSR count). The van der Waals surface area contributed by atoms with E-state index >= 15 is 0 Å². The summed E-state index contributed by atoms with van der Waals surface area (Å²) in [5, 5.41) is 2.84. The molecule has 3 aromatic rings. The molecule has 5 nitrogen and oxygen atoms in total. The molecule has 0 saturated heterocycles. The summed E-state index contributed by atoms with van der Waals surface area (Å²) < 4.78 is 27.6. The van der Waals surface area contributed by atoms with Crippen LogP contribution < -0.4 is 9.62 Å². The van der Waals surface area contributed by atoms with Gasteiger partial charge in [-0.3, -0.25) is 9.10 Å². The molecule has 0 aromatic heterocycles. The third-order valence-electron chi connectivity index (χ3n) is 4.75. The lowest BCUT2D eigenvalue weighted by Crippen LogP contribution is -2.41. The molecule has 0 spiro atoms. The minimum atomic E-state index is -3.86. The van der Waals surface area contributed by atoms with Crippen molar-refractivity contribution in [1.82, 2.24) is 5.32 Å². The average Bonchev–Trinajstić information content (AvgIpc) is 2.77. The Balaban J connectivity index is 1.69. The van der Waals surface area contributed by atoms with Gasteiger partial charge in [0.1, 0.15) is 6.54 Å². The van der Waals surface area contributed by atoms with Crippen LogP contribution in [0.15, 0.2) is 89.8 Å². The van der Waals surface area contributed by atoms with Crippen molar-refractivity contribution < 1.29 is 13.2 Å². The largest absolute Gasteiger partial charge is 0.355 e. The number of sulfonamides is 1. The zero-order chi connectivity index (χ0) is 21.4. The molecule has 0 radical (unpaired) electrons. The van der Waals surface area contributed by atoms with Crippen molar-refractivity contribution in [3.8, 4) is 0 Å². The Morgan fingerprint density at radius 1 is 0.867 bits per heavy atom. The number of nitrogens with zero attached hydrogens (tertiary/aromatic N) is 1. The fourth-order valence-electron chi connectivity index (χ4n) is 3.10. The first-order chi connectivity index (χ1) is 14.5. The van der Waals surface area contributed by atoms with Crippen LogP contribution in [0.4, 0.5) is 5.69 Å². The van der Waals surface area contributed by atoms with Crippen LogP contribution in [0.3, 0.4) is 0 Å². The number of hydrogen-bond donors (Lipinski definition) is 1. The summed E-state index contributed by atoms with van der Waals surface area (Å²) in [6.07, 6.45) is 1.64. The van der Waals surface area contributed by atoms with E-state index in [2.05, 4.69) is 5.32 Å². The molecule has 0 aliphatic heterocycles. The van der Waals surface area contributed by atoms with Gasteiger partial charge >= 0.3 is 0 Å². The normalized spacial score (nSPS) is 11.1. The van der Waals surface area contributed by atoms with Crippen LogP contribution in [0.2, 0.25) is 0 Å². The lowest BCUT2D eigenvalue weighted by atomic mass is 10.1. The maximum atomic E-state index is 13.2. The molecule has 0 saturated carbocycles. The molecule has 156 valence electrons. The highest BCUT2D eigenvalue weighted by Gasteiger charge is 2.26. The number of nitrogens with one attached hydrogen (secondary N) is 1. The van der Waals surface area contributed by atoms with Crippen LogP contribution >= 0.6 is 0 Å². The monoisotopic (exact) mass is 422 g/mol. The Morgan fingerprint density at radius 2 is 1.47 bits per heavy atom. The zero-order valence-corrected chi connectivity index (χ0v) is 17.8. The molecule has 0 heterocycles. The highest BCUT2D eigenvalue weighted by Crippen LogP contribution is 2.23. The first kappa shape index (κ1) is 21.6. The SMILES string of the molecule is Cc1ccc(N(CC(=O)NCCCc2ccccc2)S(=O)(=O)c2ccccc2)cc1. The van der Waals surface area contributed by atoms with E-state index in [-0.39, 0.29) is 17.3 Å². The van der Waals surface area contributed by atoms with E-state index < -0.39 is 10.0 Å². The Bertz CT molecular complexity index is 1050. The molecule has 0 unspecified atom stereocenters. The fourth-order valence-corrected chi connectivity index (χ4v) is 4.54. The summed E-state index contributed by atoms with van der Waals surface area (Å²) in [7, 11) is -3.86. The Kier molecular flexibility index (Phi) is 7.25. The number of benzene rings is 3. The molecule has 0 fully saturated rings. The van der Waals surface area contributed by atoms with Gasteiger partial charge in [-0.1, -0.05) is 66.2 Å². The molecular formula is C24H26N2O3S. The number of anilines is 1. The summed E-state index contributed by atoms with van der Waals surface area (Å²) in [4.78, 5) is 12.7. The number of aryl methyl sites for hydroxylation is 2. The van der Waals surface area contributed by atoms with Crippen molar-refractivity contribution in [2.45, 2.75) is 24.7 Å². The van der Waals surface area contributed by atoms with Gasteiger partial charge in [0.15, 0.2) is 0 Å². The van der Waals surface area contributed by atoms with E-state index in [0.29, 0.717) is 12.2 Å². The molecule has 0 bridgehead atoms. The highest BCUT2D eigenvalue weighted by molar-refractivity contribution is 7.92. The summed E-state index contributed by atoms with van der Waals surface area (Å²) in [6.45, 7) is 2.14. The Labute approximate surface area is 178 Å². The summed E-state index contributed by atoms with van der Waals surface area (Å²) in [5.41, 5.74) is 2.68. The predicted octanol–water partition coefficient (Wildman–Crippen LogP) is 3.94. The number of amides is 1. The van der Waals surface area contributed by atoms with Gasteiger partial charge in [0.05, 0.1) is 10.6 Å². The second-order valence-corrected chi connectivity index (χ2v) is 8.96. The van der Waals surface area contributed by atoms with Crippen LogP contribution in [-0.2, 0) is 21.2 Å². The van der Waals surface area contributed by atoms with Crippen LogP contribution in [0.25, 0.3) is 0 Å². The first-order valence-corrected chi connectivity index (χ1v) is 11.4. The first-order valence-electron chi connectivity index (χ1n) is 9.92. The molecule has 6 heteroatoms. The minimum absolute atomic E-state index is 0.155. The number of carbonyl (C=O) groups excluding carboxylic acids is 1. The van der Waals surface area contributed by atoms with Gasteiger partial charge in [-0.05, 0) is 49.6 Å². The van der Waals surface area contributed by atoms with Crippen molar-refractivity contribution >= 4 is 21.6 Å². The van der Waals surface area contributed by atoms with Gasteiger partial charge in [-0.15, -0.1) is 0 Å². The second-order valence-electron chi connectivity index (χ2n) is 7.10. The van der Waals surface area contributed by atoms with E-state index in [4.69, 9.17) is 0 Å². The predicted molar refractivity (Wildman–Crippen MR) is 120 cm³/mol. The molecule has 1 amide bonds. The summed E-state index contributed by atoms with van der Waals surface area (Å²) >= 11 is 0. The average molecular weight is 423 g/mol. The maximum absolute atomic E-state index is 13.2. The summed E-state index contributed by atoms with van der Waals surface area (Å²) in [5.74, 6) is -0.330. The van der Waals surface area contributed by atoms with Gasteiger partial charge in [0, 0.05) is 6.54 Å². The van der Waals surface area contributed by atoms with Crippen molar-refractivity contribution in [1.29, 1.82) is 0 Å². The molecule has 1 N–H and O–H groups in total. The van der Waals surface area contributed by atoms with Crippen LogP contribution in [-0.4, -0.2) is 27.4 Å². The number of carbonyl (C=O) groups is 1. The van der Waals surface area contributed by atoms with Gasteiger partial charge < -0.3 is 5.32 Å². The number of hydrogen-bond acceptors (Lipinski definition) is 3. The van der Waals surface area contributed by atoms with Gasteiger partial charge in [-0.2, -0.15) is 0 Å². The molecular weight excluding hydrogens is 396 g/mol. The van der Waals surface area contributed by atoms with Crippen molar-refractivity contribution in [2.24, 2.45) is 0 Å². The quantitative estimate of drug-likeness (QED) is 0.531. The lowest BCUT2D eigenvalue weighted by Gasteiger charge is -2.24. The Morgan fingerprint density at radius 3 is 2.10 bits per heavy atom. The van der Waals surface area contributed by atoms with Crippen LogP contribution in [0.5, 0.6) is 0 Å². The van der Waals surface area contributed by atoms with Gasteiger partial charge in [0.25, 0.3) is 10.0 Å². The lowest BCUT2D eigenvalue weighted by molar-refractivity contribution is -0.119. The third-order valence-corrected chi connectivity index (χ3v) is 6.54. The van der Waals surface area contributed by atoms with Gasteiger partial charge in [-0.25, -0.2) is 8.42 Å². The van der Waals surface area contributed by atoms with E-state index in [0.717, 1.165) is 22.7 Å². The van der Waals surface area contributed by atoms with Crippen LogP contribution in [0, 0.1) is 6.92 Å². The third kappa shape index (κ3) is 5.70. The van der Waals surface area contributed by atoms with Crippen molar-refractivity contribution in [3.63, 3.8) is 0 Å². The second kappa shape index (κ2) is 10.1. The minimum Gasteiger partial charge on any atom is -0.355 e. The van der Waals surface area contributed by atoms with Gasteiger partial charge in [0.2, 0.25) is 5.91 Å². The topological polar surface area (TPSA) is 66.5 Å². The fraction of sp³-hybridized carbons (Fsp3) is 0.208. The number of rotatable bonds is 9. The summed E-state index contributed by atoms with van der Waals surface area (Å²) in [6, 6.07) is 25.3. The van der Waals surface area contributed by atoms with E-state index in [1.54, 1.807) is 30.3 Å². The van der Waals surface area contributed by atoms with Crippen LogP contribution in [0.1, 0.15) is 17.5 Å². The van der Waals surface area contributed by atoms with Crippen molar-refractivity contribution in [2.75, 3.05) is 17.4 Å². The maximum Gasteiger partial charge on any atom is 0.264 e.